The molecule has 5 atom stereocenters. The van der Waals surface area contributed by atoms with Gasteiger partial charge in [0.2, 0.25) is 5.91 Å². The summed E-state index contributed by atoms with van der Waals surface area (Å²) in [4.78, 5) is 48.2. The minimum absolute atomic E-state index is 0.00664. The van der Waals surface area contributed by atoms with E-state index in [1.54, 1.807) is 9.58 Å². The first-order valence-electron chi connectivity index (χ1n) is 14.9. The lowest BCUT2D eigenvalue weighted by molar-refractivity contribution is -0.135. The number of likely N-dealkylation sites (tertiary alicyclic amines) is 1. The highest BCUT2D eigenvalue weighted by molar-refractivity contribution is 6.06. The molecule has 3 fully saturated rings. The number of aryl methyl sites for hydroxylation is 1. The number of carbonyl (C=O) groups is 3. The lowest BCUT2D eigenvalue weighted by Gasteiger charge is -2.52. The Morgan fingerprint density at radius 2 is 1.80 bits per heavy atom. The van der Waals surface area contributed by atoms with Crippen LogP contribution in [0.15, 0.2) is 24.5 Å². The van der Waals surface area contributed by atoms with Gasteiger partial charge in [-0.3, -0.25) is 14.3 Å². The monoisotopic (exact) mass is 541 g/mol. The number of carbonyl (C=O) groups excluding carboxylic acids is 3. The van der Waals surface area contributed by atoms with E-state index < -0.39 is 0 Å². The Hall–Kier alpha value is -3.42. The quantitative estimate of drug-likeness (QED) is 0.281. The molecule has 1 saturated heterocycles. The maximum Gasteiger partial charge on any atom is 0.244 e. The molecule has 210 valence electrons. The molecule has 8 heteroatoms. The van der Waals surface area contributed by atoms with Gasteiger partial charge in [-0.25, -0.2) is 9.97 Å². The molecule has 40 heavy (non-hydrogen) atoms. The van der Waals surface area contributed by atoms with Crippen molar-refractivity contribution in [2.24, 2.45) is 23.7 Å². The van der Waals surface area contributed by atoms with Gasteiger partial charge in [0.05, 0.1) is 11.6 Å². The minimum atomic E-state index is -0.377. The second-order valence-electron chi connectivity index (χ2n) is 12.5. The van der Waals surface area contributed by atoms with Crippen LogP contribution in [0.2, 0.25) is 0 Å². The third kappa shape index (κ3) is 4.55. The van der Waals surface area contributed by atoms with Crippen molar-refractivity contribution < 1.29 is 14.4 Å². The third-order valence-corrected chi connectivity index (χ3v) is 9.93. The average molecular weight is 542 g/mol. The third-order valence-electron chi connectivity index (χ3n) is 9.93. The first kappa shape index (κ1) is 26.8. The van der Waals surface area contributed by atoms with Crippen molar-refractivity contribution in [2.75, 3.05) is 6.54 Å². The zero-order chi connectivity index (χ0) is 28.1. The fourth-order valence-corrected chi connectivity index (χ4v) is 7.50. The average Bonchev–Trinajstić information content (AvgIpc) is 3.50. The molecule has 3 heterocycles. The summed E-state index contributed by atoms with van der Waals surface area (Å²) in [5.41, 5.74) is 4.39. The van der Waals surface area contributed by atoms with Gasteiger partial charge in [-0.05, 0) is 98.3 Å². The molecular formula is C32H39N5O3. The van der Waals surface area contributed by atoms with Gasteiger partial charge in [-0.15, -0.1) is 0 Å². The highest BCUT2D eigenvalue weighted by atomic mass is 16.2. The highest BCUT2D eigenvalue weighted by Gasteiger charge is 2.46. The van der Waals surface area contributed by atoms with E-state index in [1.807, 2.05) is 19.3 Å². The van der Waals surface area contributed by atoms with Gasteiger partial charge in [0.25, 0.3) is 0 Å². The molecule has 1 aliphatic heterocycles. The molecule has 5 unspecified atom stereocenters. The second kappa shape index (κ2) is 10.5. The number of ketones is 1. The molecule has 0 N–H and O–H groups in total. The van der Waals surface area contributed by atoms with Crippen LogP contribution in [0, 0.1) is 30.6 Å². The van der Waals surface area contributed by atoms with Crippen molar-refractivity contribution in [3.63, 3.8) is 0 Å². The van der Waals surface area contributed by atoms with Gasteiger partial charge in [0.1, 0.15) is 24.3 Å². The molecule has 3 aliphatic rings. The molecule has 1 amide bonds. The van der Waals surface area contributed by atoms with E-state index in [-0.39, 0.29) is 24.3 Å². The van der Waals surface area contributed by atoms with Gasteiger partial charge >= 0.3 is 0 Å². The van der Waals surface area contributed by atoms with Crippen molar-refractivity contribution >= 4 is 28.9 Å². The minimum Gasteiger partial charge on any atom is -0.331 e. The summed E-state index contributed by atoms with van der Waals surface area (Å²) < 4.78 is 1.68. The molecule has 2 saturated carbocycles. The molecule has 0 spiro atoms. The number of Topliss-reactive ketones (excluding diaryl/α,β-unsaturated/α-hetero) is 1. The second-order valence-corrected chi connectivity index (χ2v) is 12.5. The van der Waals surface area contributed by atoms with Crippen LogP contribution in [-0.2, 0) is 16.1 Å². The number of benzene rings is 1. The summed E-state index contributed by atoms with van der Waals surface area (Å²) in [6, 6.07) is 3.87. The van der Waals surface area contributed by atoms with E-state index in [0.717, 1.165) is 53.0 Å². The summed E-state index contributed by atoms with van der Waals surface area (Å²) in [5.74, 6) is 3.69. The number of amides is 1. The van der Waals surface area contributed by atoms with Crippen LogP contribution in [0.25, 0.3) is 22.0 Å². The van der Waals surface area contributed by atoms with Crippen LogP contribution in [0.1, 0.15) is 87.1 Å². The van der Waals surface area contributed by atoms with Crippen molar-refractivity contribution in [1.82, 2.24) is 24.6 Å². The van der Waals surface area contributed by atoms with Crippen LogP contribution in [0.5, 0.6) is 0 Å². The van der Waals surface area contributed by atoms with E-state index >= 15 is 0 Å². The maximum absolute atomic E-state index is 13.3. The Morgan fingerprint density at radius 3 is 2.40 bits per heavy atom. The Morgan fingerprint density at radius 1 is 1.05 bits per heavy atom. The highest BCUT2D eigenvalue weighted by Crippen LogP contribution is 2.57. The van der Waals surface area contributed by atoms with Crippen molar-refractivity contribution in [3.8, 4) is 11.1 Å². The van der Waals surface area contributed by atoms with E-state index in [2.05, 4.69) is 41.0 Å². The predicted octanol–water partition coefficient (Wildman–Crippen LogP) is 5.37. The summed E-state index contributed by atoms with van der Waals surface area (Å²) in [6.07, 6.45) is 11.1. The summed E-state index contributed by atoms with van der Waals surface area (Å²) >= 11 is 0. The molecule has 2 aliphatic carbocycles. The van der Waals surface area contributed by atoms with Crippen LogP contribution in [0.4, 0.5) is 0 Å². The van der Waals surface area contributed by atoms with Crippen LogP contribution in [-0.4, -0.2) is 55.2 Å². The smallest absolute Gasteiger partial charge is 0.244 e. The van der Waals surface area contributed by atoms with Gasteiger partial charge in [0, 0.05) is 36.8 Å². The zero-order valence-corrected chi connectivity index (χ0v) is 24.0. The lowest BCUT2D eigenvalue weighted by atomic mass is 9.53. The molecule has 1 aromatic carbocycles. The Kier molecular flexibility index (Phi) is 7.05. The number of hydrogen-bond acceptors (Lipinski definition) is 6. The Bertz CT molecular complexity index is 1460. The Labute approximate surface area is 235 Å². The lowest BCUT2D eigenvalue weighted by Crippen LogP contribution is -2.42. The molecular weight excluding hydrogens is 502 g/mol. The SMILES string of the molecule is CC(=O)c1nn(CC(=O)N2CCCC2C=O)c2cc(C3CCC3C3CCC3C(C)C)c(-c3cnc(C)nc3)cc12. The predicted molar refractivity (Wildman–Crippen MR) is 153 cm³/mol. The number of nitrogens with zero attached hydrogens (tertiary/aromatic N) is 5. The fraction of sp³-hybridized carbons (Fsp3) is 0.562. The van der Waals surface area contributed by atoms with Crippen LogP contribution >= 0.6 is 0 Å². The van der Waals surface area contributed by atoms with Gasteiger partial charge in [-0.1, -0.05) is 13.8 Å². The van der Waals surface area contributed by atoms with E-state index in [0.29, 0.717) is 42.2 Å². The first-order chi connectivity index (χ1) is 19.3. The maximum atomic E-state index is 13.3. The van der Waals surface area contributed by atoms with Crippen LogP contribution < -0.4 is 0 Å². The number of aromatic nitrogens is 4. The van der Waals surface area contributed by atoms with Crippen molar-refractivity contribution in [1.29, 1.82) is 0 Å². The topological polar surface area (TPSA) is 98.1 Å². The first-order valence-corrected chi connectivity index (χ1v) is 14.9. The normalized spacial score (nSPS) is 26.1. The van der Waals surface area contributed by atoms with Gasteiger partial charge in [0.15, 0.2) is 5.78 Å². The number of rotatable bonds is 8. The molecule has 3 aromatic rings. The number of aldehydes is 1. The van der Waals surface area contributed by atoms with E-state index in [9.17, 15) is 14.4 Å². The standard InChI is InChI=1S/C32H39N5O3/c1-18(2)23-7-8-24(23)25-9-10-26(25)28-13-30-29(12-27(28)21-14-33-20(4)34-15-21)32(19(3)39)35-37(30)16-31(40)36-11-5-6-22(36)17-38/h12-15,17-18,22-26H,5-11,16H2,1-4H3. The molecule has 2 aromatic heterocycles. The van der Waals surface area contributed by atoms with E-state index in [4.69, 9.17) is 0 Å². The molecule has 6 rings (SSSR count). The summed E-state index contributed by atoms with van der Waals surface area (Å²) in [7, 11) is 0. The molecule has 8 nitrogen and oxygen atoms in total. The van der Waals surface area contributed by atoms with Crippen molar-refractivity contribution in [2.45, 2.75) is 84.7 Å². The molecule has 0 radical (unpaired) electrons. The van der Waals surface area contributed by atoms with E-state index in [1.165, 1.54) is 31.7 Å². The largest absolute Gasteiger partial charge is 0.331 e. The van der Waals surface area contributed by atoms with Gasteiger partial charge < -0.3 is 9.69 Å². The van der Waals surface area contributed by atoms with Gasteiger partial charge in [-0.2, -0.15) is 5.10 Å². The summed E-state index contributed by atoms with van der Waals surface area (Å²) in [6.45, 7) is 8.67. The number of hydrogen-bond donors (Lipinski definition) is 0. The fourth-order valence-electron chi connectivity index (χ4n) is 7.50. The number of fused-ring (bicyclic) bond motifs is 1. The van der Waals surface area contributed by atoms with Crippen molar-refractivity contribution in [3.05, 3.63) is 41.6 Å². The summed E-state index contributed by atoms with van der Waals surface area (Å²) in [5, 5.41) is 5.40. The Balaban J connectivity index is 1.45. The molecule has 0 bridgehead atoms. The zero-order valence-electron chi connectivity index (χ0n) is 24.0. The van der Waals surface area contributed by atoms with Crippen LogP contribution in [0.3, 0.4) is 0 Å².